The van der Waals surface area contributed by atoms with E-state index in [0.29, 0.717) is 27.0 Å². The highest BCUT2D eigenvalue weighted by molar-refractivity contribution is 6.35. The van der Waals surface area contributed by atoms with Crippen LogP contribution in [0.2, 0.25) is 10.0 Å². The number of fused-ring (bicyclic) bond motifs is 1. The second-order valence-corrected chi connectivity index (χ2v) is 7.76. The van der Waals surface area contributed by atoms with Crippen LogP contribution in [0, 0.1) is 11.3 Å². The second-order valence-electron chi connectivity index (χ2n) is 6.91. The van der Waals surface area contributed by atoms with Gasteiger partial charge in [-0.15, -0.1) is 0 Å². The highest BCUT2D eigenvalue weighted by Gasteiger charge is 2.30. The van der Waals surface area contributed by atoms with Gasteiger partial charge in [0.1, 0.15) is 0 Å². The lowest BCUT2D eigenvalue weighted by Gasteiger charge is -2.29. The maximum Gasteiger partial charge on any atom is 0.251 e. The van der Waals surface area contributed by atoms with E-state index in [9.17, 15) is 4.79 Å². The van der Waals surface area contributed by atoms with Crippen molar-refractivity contribution in [1.29, 1.82) is 5.26 Å². The number of hydrogen-bond donors (Lipinski definition) is 0. The van der Waals surface area contributed by atoms with Crippen LogP contribution in [0.4, 0.5) is 0 Å². The molecule has 30 heavy (non-hydrogen) atoms. The maximum absolute atomic E-state index is 12.9. The molecule has 1 atom stereocenters. The van der Waals surface area contributed by atoms with E-state index in [1.54, 1.807) is 36.4 Å². The fraction of sp³-hybridized carbons (Fsp3) is 0.130. The van der Waals surface area contributed by atoms with Crippen LogP contribution in [0.15, 0.2) is 70.8 Å². The monoisotopic (exact) mass is 434 g/mol. The summed E-state index contributed by atoms with van der Waals surface area (Å²) >= 11 is 12.5. The van der Waals surface area contributed by atoms with Gasteiger partial charge in [0, 0.05) is 15.6 Å². The molecule has 2 aliphatic rings. The van der Waals surface area contributed by atoms with Crippen molar-refractivity contribution in [2.24, 2.45) is 10.1 Å². The Bertz CT molecular complexity index is 1190. The van der Waals surface area contributed by atoms with Crippen LogP contribution in [0.3, 0.4) is 0 Å². The van der Waals surface area contributed by atoms with E-state index in [4.69, 9.17) is 33.5 Å². The number of carbonyl (C=O) groups excluding carboxylic acids is 1. The second kappa shape index (κ2) is 8.27. The van der Waals surface area contributed by atoms with Gasteiger partial charge in [0.2, 0.25) is 0 Å². The molecule has 0 radical (unpaired) electrons. The van der Waals surface area contributed by atoms with Crippen LogP contribution < -0.4 is 0 Å². The summed E-state index contributed by atoms with van der Waals surface area (Å²) in [5.41, 5.74) is 4.31. The van der Waals surface area contributed by atoms with Crippen molar-refractivity contribution in [3.63, 3.8) is 0 Å². The zero-order valence-corrected chi connectivity index (χ0v) is 17.5. The first-order valence-electron chi connectivity index (χ1n) is 9.24. The first-order chi connectivity index (χ1) is 14.4. The van der Waals surface area contributed by atoms with Crippen LogP contribution in [-0.2, 0) is 4.79 Å². The first-order valence-corrected chi connectivity index (χ1v) is 10.00. The molecule has 0 aromatic heterocycles. The number of carbonyl (C=O) groups is 1. The Morgan fingerprint density at radius 1 is 1.13 bits per heavy atom. The smallest absolute Gasteiger partial charge is 0.251 e. The molecule has 0 fully saturated rings. The fourth-order valence-electron chi connectivity index (χ4n) is 3.30. The molecule has 148 valence electrons. The van der Waals surface area contributed by atoms with Crippen molar-refractivity contribution in [2.45, 2.75) is 19.5 Å². The summed E-state index contributed by atoms with van der Waals surface area (Å²) in [6.45, 7) is 1.83. The minimum atomic E-state index is -0.612. The summed E-state index contributed by atoms with van der Waals surface area (Å²) in [6.07, 6.45) is 5.12. The molecule has 1 amide bonds. The Balaban J connectivity index is 1.81. The van der Waals surface area contributed by atoms with Crippen molar-refractivity contribution in [2.75, 3.05) is 0 Å². The third kappa shape index (κ3) is 4.06. The Morgan fingerprint density at radius 2 is 1.90 bits per heavy atom. The van der Waals surface area contributed by atoms with Crippen molar-refractivity contribution < 1.29 is 4.79 Å². The van der Waals surface area contributed by atoms with Gasteiger partial charge >= 0.3 is 0 Å². The van der Waals surface area contributed by atoms with Crippen molar-refractivity contribution in [3.8, 4) is 6.07 Å². The average Bonchev–Trinajstić information content (AvgIpc) is 2.72. The molecule has 4 rings (SSSR count). The summed E-state index contributed by atoms with van der Waals surface area (Å²) in [4.78, 5) is 17.7. The van der Waals surface area contributed by atoms with Gasteiger partial charge < -0.3 is 0 Å². The van der Waals surface area contributed by atoms with E-state index in [2.05, 4.69) is 11.2 Å². The quantitative estimate of drug-likeness (QED) is 0.647. The van der Waals surface area contributed by atoms with Crippen LogP contribution in [0.5, 0.6) is 0 Å². The topological polar surface area (TPSA) is 68.8 Å². The zero-order chi connectivity index (χ0) is 21.3. The molecule has 5 nitrogen and oxygen atoms in total. The minimum Gasteiger partial charge on any atom is -0.272 e. The Kier molecular flexibility index (Phi) is 5.54. The lowest BCUT2D eigenvalue weighted by molar-refractivity contribution is -0.131. The summed E-state index contributed by atoms with van der Waals surface area (Å²) in [5, 5.41) is 15.9. The van der Waals surface area contributed by atoms with Gasteiger partial charge in [-0.1, -0.05) is 47.5 Å². The van der Waals surface area contributed by atoms with Gasteiger partial charge in [0.25, 0.3) is 5.91 Å². The molecular weight excluding hydrogens is 419 g/mol. The molecule has 0 spiro atoms. The summed E-state index contributed by atoms with van der Waals surface area (Å²) in [7, 11) is 0. The number of aliphatic imine (C=N–C) groups is 1. The SMILES string of the molecule is CC1=NN2C(=O)CC(c3ccc(C#N)cc3)=NC2C=C(c2ccc(Cl)cc2Cl)C=C1. The number of hydrogen-bond acceptors (Lipinski definition) is 4. The number of hydrazone groups is 1. The van der Waals surface area contributed by atoms with E-state index in [1.165, 1.54) is 5.01 Å². The van der Waals surface area contributed by atoms with Gasteiger partial charge in [-0.3, -0.25) is 9.79 Å². The third-order valence-corrected chi connectivity index (χ3v) is 5.35. The fourth-order valence-corrected chi connectivity index (χ4v) is 3.82. The van der Waals surface area contributed by atoms with Crippen molar-refractivity contribution in [3.05, 3.63) is 87.4 Å². The van der Waals surface area contributed by atoms with E-state index >= 15 is 0 Å². The highest BCUT2D eigenvalue weighted by atomic mass is 35.5. The number of nitriles is 1. The molecule has 0 saturated carbocycles. The molecular formula is C23H16Cl2N4O. The summed E-state index contributed by atoms with van der Waals surface area (Å²) in [5.74, 6) is -0.151. The van der Waals surface area contributed by atoms with Crippen LogP contribution in [0.1, 0.15) is 30.0 Å². The molecule has 2 aliphatic heterocycles. The summed E-state index contributed by atoms with van der Waals surface area (Å²) in [6, 6.07) is 14.4. The predicted molar refractivity (Wildman–Crippen MR) is 120 cm³/mol. The number of rotatable bonds is 2. The molecule has 0 bridgehead atoms. The summed E-state index contributed by atoms with van der Waals surface area (Å²) < 4.78 is 0. The Morgan fingerprint density at radius 3 is 2.60 bits per heavy atom. The minimum absolute atomic E-state index is 0.133. The normalized spacial score (nSPS) is 18.5. The van der Waals surface area contributed by atoms with Gasteiger partial charge in [-0.05, 0) is 54.5 Å². The van der Waals surface area contributed by atoms with Crippen LogP contribution in [0.25, 0.3) is 5.57 Å². The molecule has 2 heterocycles. The van der Waals surface area contributed by atoms with Gasteiger partial charge in [0.05, 0.1) is 29.5 Å². The zero-order valence-electron chi connectivity index (χ0n) is 16.0. The van der Waals surface area contributed by atoms with Gasteiger partial charge in [-0.25, -0.2) is 5.01 Å². The van der Waals surface area contributed by atoms with E-state index < -0.39 is 6.17 Å². The standard InChI is InChI=1S/C23H16Cl2N4O/c1-14-2-5-17(19-9-8-18(24)11-20(19)25)10-22-27-21(12-23(30)29(22)28-14)16-6-3-15(13-26)4-7-16/h2-11,22H,12H2,1H3. The number of amides is 1. The Labute approximate surface area is 184 Å². The average molecular weight is 435 g/mol. The number of halogens is 2. The van der Waals surface area contributed by atoms with Gasteiger partial charge in [-0.2, -0.15) is 10.4 Å². The number of benzene rings is 2. The lowest BCUT2D eigenvalue weighted by atomic mass is 10.0. The molecule has 2 aromatic rings. The Hall–Kier alpha value is -3.20. The maximum atomic E-state index is 12.9. The first kappa shape index (κ1) is 20.1. The third-order valence-electron chi connectivity index (χ3n) is 4.80. The molecule has 0 aliphatic carbocycles. The molecule has 0 N–H and O–H groups in total. The highest BCUT2D eigenvalue weighted by Crippen LogP contribution is 2.31. The predicted octanol–water partition coefficient (Wildman–Crippen LogP) is 5.24. The number of nitrogens with zero attached hydrogens (tertiary/aromatic N) is 4. The molecule has 7 heteroatoms. The van der Waals surface area contributed by atoms with E-state index in [-0.39, 0.29) is 12.3 Å². The van der Waals surface area contributed by atoms with Crippen molar-refractivity contribution >= 4 is 46.1 Å². The molecule has 2 aromatic carbocycles. The lowest BCUT2D eigenvalue weighted by Crippen LogP contribution is -2.41. The van der Waals surface area contributed by atoms with Crippen LogP contribution in [-0.4, -0.2) is 28.5 Å². The number of allylic oxidation sites excluding steroid dienone is 3. The molecule has 0 saturated heterocycles. The van der Waals surface area contributed by atoms with Gasteiger partial charge in [0.15, 0.2) is 6.17 Å². The van der Waals surface area contributed by atoms with E-state index in [1.807, 2.05) is 31.2 Å². The van der Waals surface area contributed by atoms with Crippen molar-refractivity contribution in [1.82, 2.24) is 5.01 Å². The largest absolute Gasteiger partial charge is 0.272 e. The molecule has 1 unspecified atom stereocenters. The van der Waals surface area contributed by atoms with E-state index in [0.717, 1.165) is 16.7 Å². The van der Waals surface area contributed by atoms with Crippen LogP contribution >= 0.6 is 23.2 Å².